The van der Waals surface area contributed by atoms with Crippen molar-refractivity contribution in [1.29, 1.82) is 0 Å². The van der Waals surface area contributed by atoms with Gasteiger partial charge in [0.15, 0.2) is 0 Å². The summed E-state index contributed by atoms with van der Waals surface area (Å²) in [5.74, 6) is -1.30. The Morgan fingerprint density at radius 3 is 2.33 bits per heavy atom. The average molecular weight is 303 g/mol. The van der Waals surface area contributed by atoms with Crippen LogP contribution in [-0.4, -0.2) is 17.2 Å². The first kappa shape index (κ1) is 14.8. The molecule has 2 N–H and O–H groups in total. The van der Waals surface area contributed by atoms with Crippen molar-refractivity contribution in [2.75, 3.05) is 0 Å². The lowest BCUT2D eigenvalue weighted by atomic mass is 9.73. The molecule has 2 bridgehead atoms. The molecule has 0 radical (unpaired) electrons. The molecule has 6 heteroatoms. The molecule has 2 atom stereocenters. The molecule has 0 aliphatic carbocycles. The molecule has 0 spiro atoms. The fourth-order valence-electron chi connectivity index (χ4n) is 3.60. The number of benzene rings is 1. The van der Waals surface area contributed by atoms with Gasteiger partial charge in [-0.3, -0.25) is 0 Å². The molecular formula is C15H17F4NO. The molecule has 0 amide bonds. The van der Waals surface area contributed by atoms with Crippen molar-refractivity contribution in [1.82, 2.24) is 5.32 Å². The maximum absolute atomic E-state index is 13.4. The topological polar surface area (TPSA) is 32.3 Å². The molecule has 21 heavy (non-hydrogen) atoms. The van der Waals surface area contributed by atoms with Crippen LogP contribution < -0.4 is 5.32 Å². The quantitative estimate of drug-likeness (QED) is 0.780. The second-order valence-corrected chi connectivity index (χ2v) is 6.12. The van der Waals surface area contributed by atoms with Crippen LogP contribution in [0.25, 0.3) is 0 Å². The van der Waals surface area contributed by atoms with E-state index in [-0.39, 0.29) is 17.6 Å². The number of hydrogen-bond acceptors (Lipinski definition) is 2. The van der Waals surface area contributed by atoms with Crippen LogP contribution in [-0.2, 0) is 11.8 Å². The van der Waals surface area contributed by atoms with Crippen molar-refractivity contribution >= 4 is 0 Å². The second-order valence-electron chi connectivity index (χ2n) is 6.12. The Hall–Kier alpha value is -1.14. The summed E-state index contributed by atoms with van der Waals surface area (Å²) in [7, 11) is 0. The van der Waals surface area contributed by atoms with Gasteiger partial charge in [0.05, 0.1) is 11.2 Å². The van der Waals surface area contributed by atoms with Crippen LogP contribution in [0.1, 0.15) is 43.2 Å². The summed E-state index contributed by atoms with van der Waals surface area (Å²) in [6.07, 6.45) is -1.13. The Morgan fingerprint density at radius 2 is 1.76 bits per heavy atom. The molecule has 2 unspecified atom stereocenters. The van der Waals surface area contributed by atoms with Crippen LogP contribution in [0.15, 0.2) is 18.2 Å². The van der Waals surface area contributed by atoms with Gasteiger partial charge in [0.2, 0.25) is 0 Å². The number of alkyl halides is 3. The molecule has 2 fully saturated rings. The highest BCUT2D eigenvalue weighted by atomic mass is 19.4. The zero-order valence-electron chi connectivity index (χ0n) is 11.4. The van der Waals surface area contributed by atoms with Crippen molar-refractivity contribution < 1.29 is 22.7 Å². The normalized spacial score (nSPS) is 33.0. The monoisotopic (exact) mass is 303 g/mol. The highest BCUT2D eigenvalue weighted by molar-refractivity contribution is 5.32. The van der Waals surface area contributed by atoms with E-state index in [1.165, 1.54) is 6.07 Å². The van der Waals surface area contributed by atoms with E-state index in [9.17, 15) is 22.7 Å². The zero-order chi connectivity index (χ0) is 15.3. The highest BCUT2D eigenvalue weighted by Gasteiger charge is 2.43. The van der Waals surface area contributed by atoms with Gasteiger partial charge in [-0.15, -0.1) is 0 Å². The van der Waals surface area contributed by atoms with E-state index in [1.807, 2.05) is 0 Å². The molecule has 2 nitrogen and oxygen atoms in total. The standard InChI is InChI=1S/C15H17F4NO/c16-13-5-4-9(6-12(13)15(17,18)19)14(21)7-10-2-1-3-11(8-14)20-10/h4-6,10-11,20-21H,1-3,7-8H2. The van der Waals surface area contributed by atoms with Gasteiger partial charge < -0.3 is 10.4 Å². The van der Waals surface area contributed by atoms with Gasteiger partial charge in [-0.25, -0.2) is 4.39 Å². The summed E-state index contributed by atoms with van der Waals surface area (Å²) in [4.78, 5) is 0. The van der Waals surface area contributed by atoms with Crippen LogP contribution in [0.5, 0.6) is 0 Å². The molecule has 2 aliphatic rings. The Morgan fingerprint density at radius 1 is 1.14 bits per heavy atom. The first-order valence-corrected chi connectivity index (χ1v) is 7.14. The van der Waals surface area contributed by atoms with Crippen LogP contribution in [0, 0.1) is 5.82 Å². The fraction of sp³-hybridized carbons (Fsp3) is 0.600. The molecule has 2 aliphatic heterocycles. The summed E-state index contributed by atoms with van der Waals surface area (Å²) in [5, 5.41) is 14.2. The Balaban J connectivity index is 1.96. The van der Waals surface area contributed by atoms with Crippen molar-refractivity contribution in [3.05, 3.63) is 35.1 Å². The van der Waals surface area contributed by atoms with Crippen molar-refractivity contribution in [3.8, 4) is 0 Å². The van der Waals surface area contributed by atoms with Crippen molar-refractivity contribution in [2.45, 2.75) is 56.0 Å². The van der Waals surface area contributed by atoms with E-state index >= 15 is 0 Å². The van der Waals surface area contributed by atoms with Crippen LogP contribution in [0.4, 0.5) is 17.6 Å². The van der Waals surface area contributed by atoms with Gasteiger partial charge in [0, 0.05) is 12.1 Å². The maximum Gasteiger partial charge on any atom is 0.419 e. The minimum Gasteiger partial charge on any atom is -0.385 e. The van der Waals surface area contributed by atoms with Gasteiger partial charge >= 0.3 is 6.18 Å². The number of rotatable bonds is 1. The molecule has 3 rings (SSSR count). The first-order chi connectivity index (χ1) is 9.78. The largest absolute Gasteiger partial charge is 0.419 e. The molecular weight excluding hydrogens is 286 g/mol. The Labute approximate surface area is 120 Å². The number of piperidine rings is 2. The SMILES string of the molecule is OC1(c2ccc(F)c(C(F)(F)F)c2)CC2CCCC(C1)N2. The summed E-state index contributed by atoms with van der Waals surface area (Å²) < 4.78 is 51.8. The lowest BCUT2D eigenvalue weighted by molar-refractivity contribution is -0.140. The third-order valence-electron chi connectivity index (χ3n) is 4.55. The molecule has 0 aromatic heterocycles. The Kier molecular flexibility index (Phi) is 3.48. The predicted molar refractivity (Wildman–Crippen MR) is 69.1 cm³/mol. The van der Waals surface area contributed by atoms with Gasteiger partial charge in [0.1, 0.15) is 5.82 Å². The van der Waals surface area contributed by atoms with E-state index in [2.05, 4.69) is 5.32 Å². The number of aliphatic hydroxyl groups is 1. The van der Waals surface area contributed by atoms with Crippen LogP contribution in [0.2, 0.25) is 0 Å². The molecule has 1 aromatic carbocycles. The zero-order valence-corrected chi connectivity index (χ0v) is 11.4. The number of nitrogens with one attached hydrogen (secondary N) is 1. The van der Waals surface area contributed by atoms with Crippen LogP contribution in [0.3, 0.4) is 0 Å². The number of hydrogen-bond donors (Lipinski definition) is 2. The third-order valence-corrected chi connectivity index (χ3v) is 4.55. The number of fused-ring (bicyclic) bond motifs is 2. The molecule has 1 aromatic rings. The van der Waals surface area contributed by atoms with Gasteiger partial charge in [-0.05, 0) is 43.4 Å². The summed E-state index contributed by atoms with van der Waals surface area (Å²) in [5.41, 5.74) is -2.46. The van der Waals surface area contributed by atoms with Gasteiger partial charge in [-0.1, -0.05) is 12.5 Å². The second kappa shape index (κ2) is 4.95. The lowest BCUT2D eigenvalue weighted by Crippen LogP contribution is -2.54. The smallest absolute Gasteiger partial charge is 0.385 e. The van der Waals surface area contributed by atoms with E-state index in [1.54, 1.807) is 0 Å². The Bertz CT molecular complexity index is 531. The minimum atomic E-state index is -4.75. The lowest BCUT2D eigenvalue weighted by Gasteiger charge is -2.45. The molecule has 2 heterocycles. The van der Waals surface area contributed by atoms with Crippen molar-refractivity contribution in [2.24, 2.45) is 0 Å². The maximum atomic E-state index is 13.4. The first-order valence-electron chi connectivity index (χ1n) is 7.14. The van der Waals surface area contributed by atoms with Crippen LogP contribution >= 0.6 is 0 Å². The highest BCUT2D eigenvalue weighted by Crippen LogP contribution is 2.41. The third kappa shape index (κ3) is 2.79. The molecule has 0 saturated carbocycles. The van der Waals surface area contributed by atoms with Crippen molar-refractivity contribution in [3.63, 3.8) is 0 Å². The minimum absolute atomic E-state index is 0.113. The average Bonchev–Trinajstić information content (AvgIpc) is 2.37. The van der Waals surface area contributed by atoms with E-state index in [0.29, 0.717) is 12.8 Å². The fourth-order valence-corrected chi connectivity index (χ4v) is 3.60. The number of halogens is 4. The van der Waals surface area contributed by atoms with E-state index in [4.69, 9.17) is 0 Å². The molecule has 116 valence electrons. The summed E-state index contributed by atoms with van der Waals surface area (Å²) in [6, 6.07) is 3.06. The van der Waals surface area contributed by atoms with Gasteiger partial charge in [0.25, 0.3) is 0 Å². The van der Waals surface area contributed by atoms with Gasteiger partial charge in [-0.2, -0.15) is 13.2 Å². The summed E-state index contributed by atoms with van der Waals surface area (Å²) in [6.45, 7) is 0. The summed E-state index contributed by atoms with van der Waals surface area (Å²) >= 11 is 0. The van der Waals surface area contributed by atoms with E-state index < -0.39 is 23.2 Å². The predicted octanol–water partition coefficient (Wildman–Crippen LogP) is 3.34. The molecule has 2 saturated heterocycles. The van der Waals surface area contributed by atoms with E-state index in [0.717, 1.165) is 31.4 Å².